The Kier molecular flexibility index (Phi) is 5.49. The molecule has 0 aliphatic carbocycles. The molecular formula is C21H26N2O5. The number of aliphatic hydroxyl groups is 1. The molecule has 0 aromatic heterocycles. The number of nitrogens with zero attached hydrogens (tertiary/aromatic N) is 1. The van der Waals surface area contributed by atoms with Crippen LogP contribution in [0.4, 0.5) is 11.4 Å². The monoisotopic (exact) mass is 386 g/mol. The Morgan fingerprint density at radius 1 is 1.14 bits per heavy atom. The minimum absolute atomic E-state index is 0.0675. The summed E-state index contributed by atoms with van der Waals surface area (Å²) in [6.45, 7) is 3.59. The van der Waals surface area contributed by atoms with E-state index in [1.54, 1.807) is 32.2 Å². The number of aliphatic hydroxyl groups excluding tert-OH is 1. The van der Waals surface area contributed by atoms with Crippen LogP contribution >= 0.6 is 0 Å². The van der Waals surface area contributed by atoms with Crippen molar-refractivity contribution in [1.29, 1.82) is 0 Å². The molecule has 0 radical (unpaired) electrons. The highest BCUT2D eigenvalue weighted by Gasteiger charge is 2.38. The Labute approximate surface area is 164 Å². The molecular weight excluding hydrogens is 360 g/mol. The molecule has 1 heterocycles. The Balaban J connectivity index is 2.13. The molecule has 0 bridgehead atoms. The van der Waals surface area contributed by atoms with Gasteiger partial charge in [0.1, 0.15) is 17.0 Å². The highest BCUT2D eigenvalue weighted by atomic mass is 16.7. The summed E-state index contributed by atoms with van der Waals surface area (Å²) >= 11 is 0. The van der Waals surface area contributed by atoms with E-state index in [1.807, 2.05) is 38.1 Å². The molecule has 2 aromatic carbocycles. The van der Waals surface area contributed by atoms with Gasteiger partial charge in [-0.2, -0.15) is 0 Å². The molecule has 1 amide bonds. The number of hydrogen-bond acceptors (Lipinski definition) is 6. The van der Waals surface area contributed by atoms with E-state index in [2.05, 4.69) is 5.32 Å². The molecule has 3 rings (SSSR count). The van der Waals surface area contributed by atoms with Crippen LogP contribution in [-0.2, 0) is 16.1 Å². The van der Waals surface area contributed by atoms with Crippen molar-refractivity contribution in [1.82, 2.24) is 0 Å². The summed E-state index contributed by atoms with van der Waals surface area (Å²) in [5.41, 5.74) is 3.00. The molecule has 150 valence electrons. The number of likely N-dealkylation sites (N-methyl/N-ethyl adjacent to an activating group) is 1. The van der Waals surface area contributed by atoms with Crippen molar-refractivity contribution in [2.75, 3.05) is 38.3 Å². The molecule has 7 heteroatoms. The third kappa shape index (κ3) is 3.39. The van der Waals surface area contributed by atoms with Crippen LogP contribution in [0.3, 0.4) is 0 Å². The second-order valence-corrected chi connectivity index (χ2v) is 7.17. The number of fused-ring (bicyclic) bond motifs is 1. The summed E-state index contributed by atoms with van der Waals surface area (Å²) in [5, 5.41) is 13.4. The van der Waals surface area contributed by atoms with Gasteiger partial charge in [-0.25, -0.2) is 0 Å². The fraction of sp³-hybridized carbons (Fsp3) is 0.381. The number of anilines is 2. The average molecular weight is 386 g/mol. The lowest BCUT2D eigenvalue weighted by Crippen LogP contribution is -2.52. The first kappa shape index (κ1) is 20.0. The van der Waals surface area contributed by atoms with Crippen molar-refractivity contribution >= 4 is 17.3 Å². The highest BCUT2D eigenvalue weighted by molar-refractivity contribution is 6.08. The molecule has 0 unspecified atom stereocenters. The van der Waals surface area contributed by atoms with E-state index in [4.69, 9.17) is 14.2 Å². The van der Waals surface area contributed by atoms with E-state index in [9.17, 15) is 9.90 Å². The van der Waals surface area contributed by atoms with E-state index in [0.29, 0.717) is 22.7 Å². The van der Waals surface area contributed by atoms with Gasteiger partial charge in [-0.3, -0.25) is 4.79 Å². The average Bonchev–Trinajstić information content (AvgIpc) is 2.69. The van der Waals surface area contributed by atoms with Gasteiger partial charge in [0, 0.05) is 31.4 Å². The van der Waals surface area contributed by atoms with Crippen LogP contribution in [0.2, 0.25) is 0 Å². The topological polar surface area (TPSA) is 80.3 Å². The number of ether oxygens (including phenoxy) is 3. The standard InChI is InChI=1S/C21H26N2O5/c1-21(2)20(25)23(3)19-16(11-24)14(8-9-17(19)22-21)15-7-6-13(28-12-26-4)10-18(15)27-5/h6-10,22,24H,11-12H2,1-5H3. The summed E-state index contributed by atoms with van der Waals surface area (Å²) in [6, 6.07) is 9.29. The molecule has 0 saturated heterocycles. The predicted octanol–water partition coefficient (Wildman–Crippen LogP) is 3.00. The van der Waals surface area contributed by atoms with Gasteiger partial charge >= 0.3 is 0 Å². The number of benzene rings is 2. The van der Waals surface area contributed by atoms with Gasteiger partial charge in [-0.05, 0) is 37.6 Å². The van der Waals surface area contributed by atoms with E-state index in [-0.39, 0.29) is 19.3 Å². The SMILES string of the molecule is COCOc1ccc(-c2ccc3c(c2CO)N(C)C(=O)C(C)(C)N3)c(OC)c1. The summed E-state index contributed by atoms with van der Waals surface area (Å²) in [4.78, 5) is 14.3. The Hall–Kier alpha value is -2.77. The molecule has 0 saturated carbocycles. The lowest BCUT2D eigenvalue weighted by atomic mass is 9.92. The Bertz CT molecular complexity index is 895. The fourth-order valence-corrected chi connectivity index (χ4v) is 3.55. The highest BCUT2D eigenvalue weighted by Crippen LogP contribution is 2.44. The van der Waals surface area contributed by atoms with Crippen LogP contribution in [0.1, 0.15) is 19.4 Å². The first-order valence-corrected chi connectivity index (χ1v) is 8.97. The van der Waals surface area contributed by atoms with Crippen LogP contribution in [-0.4, -0.2) is 44.6 Å². The molecule has 0 spiro atoms. The Morgan fingerprint density at radius 2 is 1.86 bits per heavy atom. The molecule has 2 N–H and O–H groups in total. The van der Waals surface area contributed by atoms with Crippen LogP contribution in [0.15, 0.2) is 30.3 Å². The molecule has 0 fully saturated rings. The van der Waals surface area contributed by atoms with Crippen LogP contribution in [0, 0.1) is 0 Å². The second-order valence-electron chi connectivity index (χ2n) is 7.17. The van der Waals surface area contributed by atoms with E-state index < -0.39 is 5.54 Å². The van der Waals surface area contributed by atoms with E-state index in [0.717, 1.165) is 16.8 Å². The summed E-state index contributed by atoms with van der Waals surface area (Å²) in [5.74, 6) is 1.14. The number of methoxy groups -OCH3 is 2. The largest absolute Gasteiger partial charge is 0.496 e. The fourth-order valence-electron chi connectivity index (χ4n) is 3.55. The zero-order chi connectivity index (χ0) is 20.5. The molecule has 28 heavy (non-hydrogen) atoms. The maximum atomic E-state index is 12.7. The number of carbonyl (C=O) groups excluding carboxylic acids is 1. The lowest BCUT2D eigenvalue weighted by Gasteiger charge is -2.39. The Morgan fingerprint density at radius 3 is 2.50 bits per heavy atom. The smallest absolute Gasteiger partial charge is 0.251 e. The third-order valence-corrected chi connectivity index (χ3v) is 4.87. The number of nitrogens with one attached hydrogen (secondary N) is 1. The minimum Gasteiger partial charge on any atom is -0.496 e. The van der Waals surface area contributed by atoms with Gasteiger partial charge in [-0.1, -0.05) is 6.07 Å². The van der Waals surface area contributed by atoms with Gasteiger partial charge in [0.25, 0.3) is 5.91 Å². The van der Waals surface area contributed by atoms with Crippen molar-refractivity contribution in [2.24, 2.45) is 0 Å². The van der Waals surface area contributed by atoms with Crippen LogP contribution in [0.25, 0.3) is 11.1 Å². The van der Waals surface area contributed by atoms with Crippen molar-refractivity contribution in [2.45, 2.75) is 26.0 Å². The van der Waals surface area contributed by atoms with Crippen molar-refractivity contribution in [3.05, 3.63) is 35.9 Å². The van der Waals surface area contributed by atoms with Gasteiger partial charge in [0.2, 0.25) is 0 Å². The summed E-state index contributed by atoms with van der Waals surface area (Å²) < 4.78 is 16.0. The zero-order valence-electron chi connectivity index (χ0n) is 16.8. The van der Waals surface area contributed by atoms with Crippen molar-refractivity contribution < 1.29 is 24.1 Å². The normalized spacial score (nSPS) is 15.1. The number of carbonyl (C=O) groups is 1. The quantitative estimate of drug-likeness (QED) is 0.743. The first-order chi connectivity index (χ1) is 13.3. The molecule has 0 atom stereocenters. The van der Waals surface area contributed by atoms with Crippen LogP contribution < -0.4 is 19.7 Å². The number of rotatable bonds is 6. The molecule has 1 aliphatic heterocycles. The predicted molar refractivity (Wildman–Crippen MR) is 108 cm³/mol. The second kappa shape index (κ2) is 7.69. The maximum absolute atomic E-state index is 12.7. The first-order valence-electron chi connectivity index (χ1n) is 8.97. The molecule has 1 aliphatic rings. The molecule has 7 nitrogen and oxygen atoms in total. The zero-order valence-corrected chi connectivity index (χ0v) is 16.8. The minimum atomic E-state index is -0.714. The number of hydrogen-bond donors (Lipinski definition) is 2. The van der Waals surface area contributed by atoms with Gasteiger partial charge in [0.05, 0.1) is 25.1 Å². The van der Waals surface area contributed by atoms with Crippen LogP contribution in [0.5, 0.6) is 11.5 Å². The van der Waals surface area contributed by atoms with Gasteiger partial charge in [-0.15, -0.1) is 0 Å². The molecule has 2 aromatic rings. The maximum Gasteiger partial charge on any atom is 0.251 e. The lowest BCUT2D eigenvalue weighted by molar-refractivity contribution is -0.121. The van der Waals surface area contributed by atoms with Crippen molar-refractivity contribution in [3.8, 4) is 22.6 Å². The van der Waals surface area contributed by atoms with Crippen molar-refractivity contribution in [3.63, 3.8) is 0 Å². The summed E-state index contributed by atoms with van der Waals surface area (Å²) in [6.07, 6.45) is 0. The summed E-state index contributed by atoms with van der Waals surface area (Å²) in [7, 11) is 4.86. The van der Waals surface area contributed by atoms with Gasteiger partial charge in [0.15, 0.2) is 6.79 Å². The van der Waals surface area contributed by atoms with Gasteiger partial charge < -0.3 is 29.5 Å². The number of amides is 1. The third-order valence-electron chi connectivity index (χ3n) is 4.87. The van der Waals surface area contributed by atoms with E-state index >= 15 is 0 Å². The van der Waals surface area contributed by atoms with E-state index in [1.165, 1.54) is 0 Å².